The highest BCUT2D eigenvalue weighted by Gasteiger charge is 2.37. The van der Waals surface area contributed by atoms with Crippen LogP contribution in [0, 0.1) is 5.92 Å². The van der Waals surface area contributed by atoms with E-state index in [-0.39, 0.29) is 18.9 Å². The average molecular weight is 433 g/mol. The first-order valence-electron chi connectivity index (χ1n) is 9.15. The number of nitrogens with zero attached hydrogens (tertiary/aromatic N) is 1. The SMILES string of the molecule is COc1ccc(OC)c(N2C[C@H](C(=O)OCC(=O)Nc3cccc(Cl)c3)CC2=O)c1. The Hall–Kier alpha value is -3.26. The van der Waals surface area contributed by atoms with E-state index in [1.807, 2.05) is 0 Å². The Morgan fingerprint density at radius 1 is 1.17 bits per heavy atom. The van der Waals surface area contributed by atoms with Gasteiger partial charge in [-0.25, -0.2) is 0 Å². The number of carbonyl (C=O) groups excluding carboxylic acids is 3. The van der Waals surface area contributed by atoms with Crippen molar-refractivity contribution in [1.82, 2.24) is 0 Å². The molecule has 0 radical (unpaired) electrons. The van der Waals surface area contributed by atoms with Crippen LogP contribution in [0.3, 0.4) is 0 Å². The summed E-state index contributed by atoms with van der Waals surface area (Å²) in [7, 11) is 3.02. The predicted molar refractivity (Wildman–Crippen MR) is 111 cm³/mol. The number of hydrogen-bond donors (Lipinski definition) is 1. The van der Waals surface area contributed by atoms with Crippen molar-refractivity contribution in [1.29, 1.82) is 0 Å². The number of carbonyl (C=O) groups is 3. The average Bonchev–Trinajstić information content (AvgIpc) is 3.13. The molecule has 2 aromatic carbocycles. The van der Waals surface area contributed by atoms with E-state index < -0.39 is 24.4 Å². The summed E-state index contributed by atoms with van der Waals surface area (Å²) in [4.78, 5) is 38.4. The first-order valence-corrected chi connectivity index (χ1v) is 9.53. The lowest BCUT2D eigenvalue weighted by molar-refractivity contribution is -0.151. The number of rotatable bonds is 7. The van der Waals surface area contributed by atoms with Gasteiger partial charge in [0.15, 0.2) is 6.61 Å². The number of anilines is 2. The maximum absolute atomic E-state index is 12.5. The Balaban J connectivity index is 1.59. The fourth-order valence-electron chi connectivity index (χ4n) is 3.12. The molecule has 3 rings (SSSR count). The first-order chi connectivity index (χ1) is 14.4. The summed E-state index contributed by atoms with van der Waals surface area (Å²) < 4.78 is 15.6. The molecule has 1 fully saturated rings. The van der Waals surface area contributed by atoms with Crippen molar-refractivity contribution in [3.63, 3.8) is 0 Å². The standard InChI is InChI=1S/C21H21ClN2O6/c1-28-16-6-7-18(29-2)17(10-16)24-11-13(8-20(24)26)21(27)30-12-19(25)23-15-5-3-4-14(22)9-15/h3-7,9-10,13H,8,11-12H2,1-2H3,(H,23,25)/t13-/m1/s1. The highest BCUT2D eigenvalue weighted by atomic mass is 35.5. The second-order valence-electron chi connectivity index (χ2n) is 6.61. The van der Waals surface area contributed by atoms with E-state index in [0.717, 1.165) is 0 Å². The molecule has 1 N–H and O–H groups in total. The predicted octanol–water partition coefficient (Wildman–Crippen LogP) is 2.89. The number of esters is 1. The van der Waals surface area contributed by atoms with Crippen molar-refractivity contribution in [2.75, 3.05) is 37.6 Å². The van der Waals surface area contributed by atoms with Crippen LogP contribution in [0.5, 0.6) is 11.5 Å². The summed E-state index contributed by atoms with van der Waals surface area (Å²) in [6.07, 6.45) is -0.0187. The second-order valence-corrected chi connectivity index (χ2v) is 7.05. The smallest absolute Gasteiger partial charge is 0.311 e. The minimum atomic E-state index is -0.688. The van der Waals surface area contributed by atoms with E-state index in [9.17, 15) is 14.4 Å². The number of hydrogen-bond acceptors (Lipinski definition) is 6. The van der Waals surface area contributed by atoms with Crippen LogP contribution < -0.4 is 19.7 Å². The summed E-state index contributed by atoms with van der Waals surface area (Å²) in [5, 5.41) is 3.07. The molecule has 0 aromatic heterocycles. The molecule has 1 aliphatic rings. The number of methoxy groups -OCH3 is 2. The Kier molecular flexibility index (Phi) is 6.79. The van der Waals surface area contributed by atoms with Gasteiger partial charge in [-0.05, 0) is 30.3 Å². The van der Waals surface area contributed by atoms with Gasteiger partial charge in [-0.2, -0.15) is 0 Å². The third kappa shape index (κ3) is 5.01. The van der Waals surface area contributed by atoms with Crippen LogP contribution in [0.2, 0.25) is 5.02 Å². The third-order valence-corrected chi connectivity index (χ3v) is 4.82. The van der Waals surface area contributed by atoms with Crippen molar-refractivity contribution < 1.29 is 28.6 Å². The van der Waals surface area contributed by atoms with Gasteiger partial charge < -0.3 is 24.4 Å². The first kappa shape index (κ1) is 21.4. The molecule has 30 heavy (non-hydrogen) atoms. The van der Waals surface area contributed by atoms with Gasteiger partial charge in [0.2, 0.25) is 5.91 Å². The zero-order valence-electron chi connectivity index (χ0n) is 16.5. The highest BCUT2D eigenvalue weighted by molar-refractivity contribution is 6.30. The van der Waals surface area contributed by atoms with Crippen LogP contribution in [0.1, 0.15) is 6.42 Å². The van der Waals surface area contributed by atoms with Crippen molar-refractivity contribution >= 4 is 40.8 Å². The number of benzene rings is 2. The van der Waals surface area contributed by atoms with Crippen LogP contribution in [-0.2, 0) is 19.1 Å². The lowest BCUT2D eigenvalue weighted by Gasteiger charge is -2.20. The molecule has 2 aromatic rings. The molecule has 0 saturated carbocycles. The van der Waals surface area contributed by atoms with Gasteiger partial charge in [0.25, 0.3) is 5.91 Å². The van der Waals surface area contributed by atoms with Gasteiger partial charge in [0.1, 0.15) is 11.5 Å². The topological polar surface area (TPSA) is 94.2 Å². The maximum atomic E-state index is 12.5. The Bertz CT molecular complexity index is 964. The molecule has 0 bridgehead atoms. The van der Waals surface area contributed by atoms with E-state index in [4.69, 9.17) is 25.8 Å². The Morgan fingerprint density at radius 3 is 2.67 bits per heavy atom. The minimum Gasteiger partial charge on any atom is -0.497 e. The highest BCUT2D eigenvalue weighted by Crippen LogP contribution is 2.36. The summed E-state index contributed by atoms with van der Waals surface area (Å²) in [6.45, 7) is -0.338. The van der Waals surface area contributed by atoms with Gasteiger partial charge in [-0.1, -0.05) is 17.7 Å². The van der Waals surface area contributed by atoms with Crippen molar-refractivity contribution in [2.45, 2.75) is 6.42 Å². The van der Waals surface area contributed by atoms with Crippen molar-refractivity contribution in [2.24, 2.45) is 5.92 Å². The molecule has 0 aliphatic carbocycles. The number of nitrogens with one attached hydrogen (secondary N) is 1. The van der Waals surface area contributed by atoms with Gasteiger partial charge in [-0.3, -0.25) is 14.4 Å². The van der Waals surface area contributed by atoms with Crippen LogP contribution in [-0.4, -0.2) is 45.2 Å². The quantitative estimate of drug-likeness (QED) is 0.676. The summed E-state index contributed by atoms with van der Waals surface area (Å²) in [5.74, 6) is -1.00. The maximum Gasteiger partial charge on any atom is 0.311 e. The van der Waals surface area contributed by atoms with Gasteiger partial charge in [-0.15, -0.1) is 0 Å². The fourth-order valence-corrected chi connectivity index (χ4v) is 3.31. The van der Waals surface area contributed by atoms with Crippen molar-refractivity contribution in [3.8, 4) is 11.5 Å². The van der Waals surface area contributed by atoms with E-state index in [2.05, 4.69) is 5.32 Å². The Morgan fingerprint density at radius 2 is 1.97 bits per heavy atom. The molecule has 1 atom stereocenters. The summed E-state index contributed by atoms with van der Waals surface area (Å²) in [5.41, 5.74) is 1.01. The normalized spacial score (nSPS) is 15.6. The van der Waals surface area contributed by atoms with Gasteiger partial charge >= 0.3 is 5.97 Å². The second kappa shape index (κ2) is 9.49. The molecular formula is C21H21ClN2O6. The van der Waals surface area contributed by atoms with E-state index >= 15 is 0 Å². The van der Waals surface area contributed by atoms with Gasteiger partial charge in [0, 0.05) is 29.7 Å². The van der Waals surface area contributed by atoms with E-state index in [0.29, 0.717) is 27.9 Å². The van der Waals surface area contributed by atoms with Crippen LogP contribution in [0.4, 0.5) is 11.4 Å². The van der Waals surface area contributed by atoms with E-state index in [1.165, 1.54) is 19.1 Å². The van der Waals surface area contributed by atoms with E-state index in [1.54, 1.807) is 42.5 Å². The monoisotopic (exact) mass is 432 g/mol. The zero-order valence-corrected chi connectivity index (χ0v) is 17.3. The molecule has 158 valence electrons. The number of halogens is 1. The molecule has 9 heteroatoms. The molecule has 1 heterocycles. The summed E-state index contributed by atoms with van der Waals surface area (Å²) >= 11 is 5.87. The zero-order chi connectivity index (χ0) is 21.7. The molecule has 1 saturated heterocycles. The summed E-state index contributed by atoms with van der Waals surface area (Å²) in [6, 6.07) is 11.7. The third-order valence-electron chi connectivity index (χ3n) is 4.59. The largest absolute Gasteiger partial charge is 0.497 e. The van der Waals surface area contributed by atoms with Crippen molar-refractivity contribution in [3.05, 3.63) is 47.5 Å². The molecule has 1 aliphatic heterocycles. The molecular weight excluding hydrogens is 412 g/mol. The fraction of sp³-hybridized carbons (Fsp3) is 0.286. The van der Waals surface area contributed by atoms with Crippen LogP contribution in [0.15, 0.2) is 42.5 Å². The molecule has 0 spiro atoms. The van der Waals surface area contributed by atoms with Crippen LogP contribution in [0.25, 0.3) is 0 Å². The molecule has 0 unspecified atom stereocenters. The number of ether oxygens (including phenoxy) is 3. The lowest BCUT2D eigenvalue weighted by Crippen LogP contribution is -2.28. The van der Waals surface area contributed by atoms with Gasteiger partial charge in [0.05, 0.1) is 25.8 Å². The Labute approximate surface area is 178 Å². The van der Waals surface area contributed by atoms with Crippen LogP contribution >= 0.6 is 11.6 Å². The lowest BCUT2D eigenvalue weighted by atomic mass is 10.1. The molecule has 8 nitrogen and oxygen atoms in total. The number of amides is 2. The molecule has 2 amide bonds. The minimum absolute atomic E-state index is 0.0187.